The molecule has 438 valence electrons. The number of piperidine rings is 1. The summed E-state index contributed by atoms with van der Waals surface area (Å²) in [6.07, 6.45) is -0.307. The Morgan fingerprint density at radius 1 is 0.750 bits per heavy atom. The highest BCUT2D eigenvalue weighted by atomic mass is 32.1. The van der Waals surface area contributed by atoms with Crippen LogP contribution in [0.2, 0.25) is 0 Å². The number of carbonyl (C=O) groups is 6. The van der Waals surface area contributed by atoms with Crippen molar-refractivity contribution in [2.75, 3.05) is 45.7 Å². The normalized spacial score (nSPS) is 17.7. The lowest BCUT2D eigenvalue weighted by Crippen LogP contribution is -2.46. The molecule has 10 bridgehead atoms. The molecule has 8 aromatic rings. The number of methoxy groups -OCH3 is 1. The molecule has 0 spiro atoms. The van der Waals surface area contributed by atoms with Gasteiger partial charge in [-0.15, -0.1) is 68.0 Å². The molecule has 9 N–H and O–H groups in total. The zero-order valence-corrected chi connectivity index (χ0v) is 50.7. The number of pyridine rings is 1. The fraction of sp³-hybridized carbons (Fsp3) is 0.352. The van der Waals surface area contributed by atoms with Crippen molar-refractivity contribution in [3.63, 3.8) is 0 Å². The van der Waals surface area contributed by atoms with Crippen LogP contribution in [0, 0.1) is 18.8 Å². The van der Waals surface area contributed by atoms with Crippen LogP contribution >= 0.6 is 68.0 Å². The van der Waals surface area contributed by atoms with Crippen molar-refractivity contribution in [2.45, 2.75) is 70.9 Å². The second-order valence-electron chi connectivity index (χ2n) is 19.8. The van der Waals surface area contributed by atoms with Crippen LogP contribution in [0.3, 0.4) is 0 Å². The molecule has 30 heteroatoms. The number of ether oxygens (including phenoxy) is 2. The predicted molar refractivity (Wildman–Crippen MR) is 320 cm³/mol. The van der Waals surface area contributed by atoms with Crippen molar-refractivity contribution >= 4 is 109 Å². The molecule has 0 aliphatic carbocycles. The number of aliphatic hydroxyl groups excluding tert-OH is 1. The van der Waals surface area contributed by atoms with Crippen LogP contribution in [0.15, 0.2) is 64.0 Å². The first-order valence-electron chi connectivity index (χ1n) is 26.4. The van der Waals surface area contributed by atoms with Crippen molar-refractivity contribution in [3.8, 4) is 43.4 Å². The highest BCUT2D eigenvalue weighted by Crippen LogP contribution is 2.40. The van der Waals surface area contributed by atoms with Crippen LogP contribution in [0.5, 0.6) is 0 Å². The number of hydrazine groups is 1. The molecule has 2 aliphatic rings. The molecule has 0 radical (unpaired) electrons. The average molecular weight is 1250 g/mol. The molecule has 84 heavy (non-hydrogen) atoms. The number of fused-ring (bicyclic) bond motifs is 14. The Bertz CT molecular complexity index is 3700. The Balaban J connectivity index is 1.03. The number of nitrogens with one attached hydrogen (secondary N) is 6. The van der Waals surface area contributed by atoms with Crippen LogP contribution in [0.4, 0.5) is 10.6 Å². The smallest absolute Gasteiger partial charge is 0.412 e. The van der Waals surface area contributed by atoms with E-state index < -0.39 is 66.4 Å². The van der Waals surface area contributed by atoms with Gasteiger partial charge in [0.2, 0.25) is 11.8 Å². The summed E-state index contributed by atoms with van der Waals surface area (Å²) in [7, 11) is 2.93. The molecule has 4 atom stereocenters. The van der Waals surface area contributed by atoms with E-state index in [1.54, 1.807) is 70.9 Å². The average Bonchev–Trinajstić information content (AvgIpc) is 3.95. The third-order valence-corrected chi connectivity index (χ3v) is 19.3. The van der Waals surface area contributed by atoms with Gasteiger partial charge in [-0.1, -0.05) is 44.2 Å². The molecule has 6 amide bonds. The molecule has 1 fully saturated rings. The third kappa shape index (κ3) is 13.7. The van der Waals surface area contributed by atoms with E-state index in [9.17, 15) is 33.9 Å². The van der Waals surface area contributed by atoms with Crippen LogP contribution in [0.25, 0.3) is 43.4 Å². The standard InChI is InChI=1S/C54H57N15O9S6/c1-25(2)39-52-68-42(35(84-52)20-77-5)53(75)69(55)18-38(71)65-43(44(72)28-9-7-6-8-10-28)51-62-34(23-81-51)49-60-32(21-80-49)41-29(11-12-30(58-41)48-63-36(24-82-48)64-54(76)78-19-27-13-15-57-16-14-27)47-61-33(22-79-47)45(73)59-31(17-37(70)56-4)50-67-40(26(3)83-50)46(74)66-39/h6-12,21-25,27,31,39,43-44,57,72H,13-20,55H2,1-5H3,(H,56,70)(H,59,73)(H,64,76)(H,65,71)(H,66,74)/t31-,39-,43-,44-/m0/s1. The number of hydrogen-bond acceptors (Lipinski definition) is 24. The molecule has 0 unspecified atom stereocenters. The van der Waals surface area contributed by atoms with Gasteiger partial charge in [0.05, 0.1) is 42.3 Å². The molecule has 10 rings (SSSR count). The Morgan fingerprint density at radius 2 is 1.46 bits per heavy atom. The quantitative estimate of drug-likeness (QED) is 0.0460. The van der Waals surface area contributed by atoms with E-state index in [0.29, 0.717) is 75.3 Å². The van der Waals surface area contributed by atoms with Crippen molar-refractivity contribution < 1.29 is 43.3 Å². The summed E-state index contributed by atoms with van der Waals surface area (Å²) >= 11 is 7.16. The predicted octanol–water partition coefficient (Wildman–Crippen LogP) is 7.45. The lowest BCUT2D eigenvalue weighted by molar-refractivity contribution is -0.123. The number of rotatable bonds is 11. The van der Waals surface area contributed by atoms with Gasteiger partial charge >= 0.3 is 6.09 Å². The number of carbonyl (C=O) groups excluding carboxylic acids is 6. The topological polar surface area (TPSA) is 333 Å². The summed E-state index contributed by atoms with van der Waals surface area (Å²) in [6.45, 7) is 6.80. The maximum Gasteiger partial charge on any atom is 0.412 e. The Kier molecular flexibility index (Phi) is 19.0. The Labute approximate surface area is 505 Å². The fourth-order valence-corrected chi connectivity index (χ4v) is 14.6. The fourth-order valence-electron chi connectivity index (χ4n) is 9.13. The highest BCUT2D eigenvalue weighted by molar-refractivity contribution is 7.15. The van der Waals surface area contributed by atoms with E-state index >= 15 is 0 Å². The first kappa shape index (κ1) is 59.8. The number of benzene rings is 1. The van der Waals surface area contributed by atoms with E-state index in [1.165, 1.54) is 59.5 Å². The minimum absolute atomic E-state index is 0.0322. The maximum absolute atomic E-state index is 14.3. The van der Waals surface area contributed by atoms with Gasteiger partial charge in [-0.2, -0.15) is 0 Å². The van der Waals surface area contributed by atoms with Crippen molar-refractivity contribution in [3.05, 3.63) is 111 Å². The molecule has 1 saturated heterocycles. The van der Waals surface area contributed by atoms with Gasteiger partial charge in [-0.05, 0) is 62.4 Å². The van der Waals surface area contributed by atoms with E-state index in [2.05, 4.69) is 41.9 Å². The second-order valence-corrected chi connectivity index (χ2v) is 25.7. The maximum atomic E-state index is 14.3. The van der Waals surface area contributed by atoms with Gasteiger partial charge in [0.1, 0.15) is 88.7 Å². The van der Waals surface area contributed by atoms with Gasteiger partial charge in [0, 0.05) is 46.1 Å². The highest BCUT2D eigenvalue weighted by Gasteiger charge is 2.34. The number of aromatic nitrogens is 7. The number of anilines is 1. The zero-order valence-electron chi connectivity index (χ0n) is 45.8. The Hall–Kier alpha value is -7.39. The molecule has 7 aromatic heterocycles. The molecular weight excluding hydrogens is 1200 g/mol. The monoisotopic (exact) mass is 1250 g/mol. The summed E-state index contributed by atoms with van der Waals surface area (Å²) in [4.78, 5) is 118. The lowest BCUT2D eigenvalue weighted by atomic mass is 9.99. The minimum Gasteiger partial charge on any atom is -0.449 e. The molecular formula is C54H57N15O9S6. The number of aliphatic hydroxyl groups is 1. The van der Waals surface area contributed by atoms with Crippen molar-refractivity contribution in [2.24, 2.45) is 17.7 Å². The number of aryl methyl sites for hydroxylation is 1. The second kappa shape index (κ2) is 26.7. The first-order valence-corrected chi connectivity index (χ1v) is 31.5. The molecule has 0 saturated carbocycles. The van der Waals surface area contributed by atoms with E-state index in [4.69, 9.17) is 40.2 Å². The van der Waals surface area contributed by atoms with Gasteiger partial charge in [-0.3, -0.25) is 34.3 Å². The zero-order chi connectivity index (χ0) is 59.2. The lowest BCUT2D eigenvalue weighted by Gasteiger charge is -2.24. The third-order valence-electron chi connectivity index (χ3n) is 13.5. The van der Waals surface area contributed by atoms with Crippen LogP contribution in [-0.2, 0) is 25.7 Å². The summed E-state index contributed by atoms with van der Waals surface area (Å²) < 4.78 is 11.0. The SMILES string of the molecule is CNC(=O)C[C@@H]1NC(=O)c2csc(n2)-c2ccc(-c3nc(NC(=O)OCC4CCNCC4)cs3)nc2-c2csc(n2)-c2csc(n2)[C@H]([C@@H](O)c2ccccc2)NC(=O)CN(N)C(=O)c2nc(sc2COC)[C@H](C(C)C)NC(=O)c2nc1sc2C. The van der Waals surface area contributed by atoms with Crippen LogP contribution < -0.4 is 37.7 Å². The first-order chi connectivity index (χ1) is 40.5. The molecule has 2 aliphatic heterocycles. The molecule has 1 aromatic carbocycles. The number of nitrogens with two attached hydrogens (primary N) is 1. The number of thiazole rings is 6. The van der Waals surface area contributed by atoms with E-state index in [0.717, 1.165) is 53.6 Å². The van der Waals surface area contributed by atoms with Crippen LogP contribution in [-0.4, -0.2) is 121 Å². The summed E-state index contributed by atoms with van der Waals surface area (Å²) in [5, 5.41) is 39.3. The van der Waals surface area contributed by atoms with Gasteiger partial charge in [-0.25, -0.2) is 45.5 Å². The summed E-state index contributed by atoms with van der Waals surface area (Å²) in [6, 6.07) is 9.41. The number of amides is 6. The van der Waals surface area contributed by atoms with Crippen molar-refractivity contribution in [1.82, 2.24) is 66.5 Å². The largest absolute Gasteiger partial charge is 0.449 e. The van der Waals surface area contributed by atoms with Crippen LogP contribution in [0.1, 0.15) is 119 Å². The Morgan fingerprint density at radius 3 is 2.23 bits per heavy atom. The summed E-state index contributed by atoms with van der Waals surface area (Å²) in [5.41, 5.74) is 2.64. The molecule has 24 nitrogen and oxygen atoms in total. The summed E-state index contributed by atoms with van der Waals surface area (Å²) in [5.74, 6) is 3.58. The number of hydrogen-bond donors (Lipinski definition) is 8. The van der Waals surface area contributed by atoms with E-state index in [1.807, 2.05) is 13.8 Å². The van der Waals surface area contributed by atoms with Gasteiger partial charge in [0.25, 0.3) is 17.7 Å². The van der Waals surface area contributed by atoms with E-state index in [-0.39, 0.29) is 52.8 Å². The molecule has 9 heterocycles. The van der Waals surface area contributed by atoms with Crippen molar-refractivity contribution in [1.29, 1.82) is 0 Å². The minimum atomic E-state index is -1.31. The van der Waals surface area contributed by atoms with Gasteiger partial charge < -0.3 is 41.2 Å². The number of nitrogens with zero attached hydrogens (tertiary/aromatic N) is 8. The van der Waals surface area contributed by atoms with Gasteiger partial charge in [0.15, 0.2) is 0 Å².